The Kier molecular flexibility index (Phi) is 5.93. The maximum absolute atomic E-state index is 12.8. The molecule has 1 heterocycles. The highest BCUT2D eigenvalue weighted by Crippen LogP contribution is 2.33. The quantitative estimate of drug-likeness (QED) is 0.251. The molecule has 1 N–H and O–H groups in total. The summed E-state index contributed by atoms with van der Waals surface area (Å²) in [5.41, 5.74) is 3.25. The van der Waals surface area contributed by atoms with Crippen LogP contribution in [0.4, 0.5) is 5.69 Å². The molecule has 0 unspecified atom stereocenters. The van der Waals surface area contributed by atoms with Crippen LogP contribution in [0.1, 0.15) is 10.4 Å². The van der Waals surface area contributed by atoms with Crippen molar-refractivity contribution in [1.29, 1.82) is 0 Å². The Hall–Kier alpha value is -1.91. The number of rotatable bonds is 4. The number of methoxy groups -OCH3 is 1. The number of amides is 1. The maximum atomic E-state index is 12.8. The summed E-state index contributed by atoms with van der Waals surface area (Å²) in [5.74, 6) is 0.721. The molecule has 0 bridgehead atoms. The van der Waals surface area contributed by atoms with Crippen LogP contribution in [-0.4, -0.2) is 18.0 Å². The molecule has 0 aliphatic rings. The van der Waals surface area contributed by atoms with Crippen LogP contribution in [0.15, 0.2) is 68.0 Å². The van der Waals surface area contributed by atoms with Gasteiger partial charge in [-0.25, -0.2) is 4.98 Å². The third-order valence-corrected chi connectivity index (χ3v) is 5.89. The van der Waals surface area contributed by atoms with Gasteiger partial charge in [-0.3, -0.25) is 4.79 Å². The number of anilines is 1. The van der Waals surface area contributed by atoms with E-state index in [9.17, 15) is 4.79 Å². The summed E-state index contributed by atoms with van der Waals surface area (Å²) in [6, 6.07) is 16.8. The molecule has 0 radical (unpaired) electrons. The second kappa shape index (κ2) is 8.45. The number of ether oxygens (including phenoxy) is 1. The largest absolute Gasteiger partial charge is 0.495 e. The van der Waals surface area contributed by atoms with Gasteiger partial charge < -0.3 is 14.5 Å². The summed E-state index contributed by atoms with van der Waals surface area (Å²) in [6.07, 6.45) is 0. The van der Waals surface area contributed by atoms with Gasteiger partial charge in [0, 0.05) is 19.3 Å². The number of halogens is 3. The van der Waals surface area contributed by atoms with Crippen molar-refractivity contribution in [2.75, 3.05) is 12.4 Å². The van der Waals surface area contributed by atoms with Crippen LogP contribution in [0.2, 0.25) is 0 Å². The van der Waals surface area contributed by atoms with Crippen LogP contribution in [0, 0.1) is 3.57 Å². The number of hydrogen-bond acceptors (Lipinski definition) is 4. The van der Waals surface area contributed by atoms with Gasteiger partial charge in [-0.2, -0.15) is 0 Å². The highest BCUT2D eigenvalue weighted by atomic mass is 127. The van der Waals surface area contributed by atoms with E-state index >= 15 is 0 Å². The Morgan fingerprint density at radius 3 is 2.72 bits per heavy atom. The van der Waals surface area contributed by atoms with Gasteiger partial charge in [-0.05, 0) is 87.1 Å². The number of carbonyl (C=O) groups is 1. The third-order valence-electron chi connectivity index (χ3n) is 4.17. The molecule has 0 aliphatic carbocycles. The molecule has 4 aromatic rings. The highest BCUT2D eigenvalue weighted by molar-refractivity contribution is 14.1. The van der Waals surface area contributed by atoms with Crippen molar-refractivity contribution in [2.24, 2.45) is 0 Å². The fraction of sp³-hybridized carbons (Fsp3) is 0.0476. The van der Waals surface area contributed by atoms with Crippen LogP contribution < -0.4 is 10.1 Å². The summed E-state index contributed by atoms with van der Waals surface area (Å²) in [7, 11) is 1.53. The topological polar surface area (TPSA) is 64.4 Å². The first kappa shape index (κ1) is 20.4. The zero-order valence-corrected chi connectivity index (χ0v) is 20.3. The van der Waals surface area contributed by atoms with Crippen molar-refractivity contribution in [2.45, 2.75) is 0 Å². The van der Waals surface area contributed by atoms with Crippen molar-refractivity contribution in [3.05, 3.63) is 72.7 Å². The lowest BCUT2D eigenvalue weighted by atomic mass is 10.2. The third kappa shape index (κ3) is 4.34. The van der Waals surface area contributed by atoms with E-state index in [1.54, 1.807) is 24.3 Å². The summed E-state index contributed by atoms with van der Waals surface area (Å²) in [4.78, 5) is 17.4. The number of nitrogens with one attached hydrogen (secondary N) is 1. The first-order valence-electron chi connectivity index (χ1n) is 8.45. The van der Waals surface area contributed by atoms with Crippen LogP contribution in [0.3, 0.4) is 0 Å². The van der Waals surface area contributed by atoms with Gasteiger partial charge in [0.15, 0.2) is 5.58 Å². The smallest absolute Gasteiger partial charge is 0.259 e. The first-order valence-corrected chi connectivity index (χ1v) is 11.1. The molecular weight excluding hydrogens is 615 g/mol. The van der Waals surface area contributed by atoms with Crippen LogP contribution >= 0.6 is 54.5 Å². The first-order chi connectivity index (χ1) is 13.9. The highest BCUT2D eigenvalue weighted by Gasteiger charge is 2.17. The molecule has 8 heteroatoms. The van der Waals surface area contributed by atoms with Crippen molar-refractivity contribution >= 4 is 77.1 Å². The number of hydrogen-bond donors (Lipinski definition) is 1. The zero-order valence-electron chi connectivity index (χ0n) is 15.0. The van der Waals surface area contributed by atoms with Gasteiger partial charge in [0.2, 0.25) is 5.89 Å². The molecule has 146 valence electrons. The second-order valence-corrected chi connectivity index (χ2v) is 9.15. The van der Waals surface area contributed by atoms with E-state index in [2.05, 4.69) is 64.8 Å². The number of nitrogens with zero attached hydrogens (tertiary/aromatic N) is 1. The molecule has 0 saturated heterocycles. The molecule has 0 saturated carbocycles. The fourth-order valence-corrected chi connectivity index (χ4v) is 4.82. The second-order valence-electron chi connectivity index (χ2n) is 6.13. The van der Waals surface area contributed by atoms with Crippen molar-refractivity contribution in [3.63, 3.8) is 0 Å². The summed E-state index contributed by atoms with van der Waals surface area (Å²) >= 11 is 9.07. The minimum absolute atomic E-state index is 0.287. The Labute approximate surface area is 197 Å². The van der Waals surface area contributed by atoms with E-state index in [0.717, 1.165) is 13.6 Å². The predicted molar refractivity (Wildman–Crippen MR) is 129 cm³/mol. The summed E-state index contributed by atoms with van der Waals surface area (Å²) in [5, 5.41) is 2.89. The van der Waals surface area contributed by atoms with E-state index in [1.165, 1.54) is 7.11 Å². The monoisotopic (exact) mass is 626 g/mol. The number of aromatic nitrogens is 1. The van der Waals surface area contributed by atoms with E-state index in [-0.39, 0.29) is 5.91 Å². The SMILES string of the molecule is COc1c(Br)cc(Br)cc1C(=O)Nc1ccc2oc(-c3cccc(I)c3)nc2c1. The average molecular weight is 628 g/mol. The predicted octanol–water partition coefficient (Wildman–Crippen LogP) is 6.89. The van der Waals surface area contributed by atoms with Crippen molar-refractivity contribution in [3.8, 4) is 17.2 Å². The molecule has 0 fully saturated rings. The Morgan fingerprint density at radius 1 is 1.14 bits per heavy atom. The van der Waals surface area contributed by atoms with Crippen molar-refractivity contribution in [1.82, 2.24) is 4.98 Å². The van der Waals surface area contributed by atoms with Gasteiger partial charge in [0.25, 0.3) is 5.91 Å². The Bertz CT molecular complexity index is 1240. The van der Waals surface area contributed by atoms with Gasteiger partial charge in [-0.15, -0.1) is 0 Å². The number of benzene rings is 3. The molecular formula is C21H13Br2IN2O3. The maximum Gasteiger partial charge on any atom is 0.259 e. The lowest BCUT2D eigenvalue weighted by Crippen LogP contribution is -2.13. The lowest BCUT2D eigenvalue weighted by Gasteiger charge is -2.11. The minimum Gasteiger partial charge on any atom is -0.495 e. The van der Waals surface area contributed by atoms with E-state index in [4.69, 9.17) is 9.15 Å². The molecule has 4 rings (SSSR count). The van der Waals surface area contributed by atoms with E-state index in [0.29, 0.717) is 38.5 Å². The lowest BCUT2D eigenvalue weighted by molar-refractivity contribution is 0.102. The normalized spacial score (nSPS) is 10.9. The molecule has 3 aromatic carbocycles. The molecule has 29 heavy (non-hydrogen) atoms. The standard InChI is InChI=1S/C21H13Br2IN2O3/c1-28-19-15(8-12(22)9-16(19)23)20(27)25-14-5-6-18-17(10-14)26-21(29-18)11-3-2-4-13(24)7-11/h2-10H,1H3,(H,25,27). The van der Waals surface area contributed by atoms with E-state index < -0.39 is 0 Å². The van der Waals surface area contributed by atoms with Gasteiger partial charge >= 0.3 is 0 Å². The molecule has 5 nitrogen and oxygen atoms in total. The molecule has 0 aliphatic heterocycles. The number of oxazole rings is 1. The molecule has 0 atom stereocenters. The van der Waals surface area contributed by atoms with Crippen molar-refractivity contribution < 1.29 is 13.9 Å². The van der Waals surface area contributed by atoms with E-state index in [1.807, 2.05) is 30.3 Å². The Balaban J connectivity index is 1.65. The minimum atomic E-state index is -0.287. The molecule has 0 spiro atoms. The summed E-state index contributed by atoms with van der Waals surface area (Å²) in [6.45, 7) is 0. The van der Waals surface area contributed by atoms with Crippen LogP contribution in [0.5, 0.6) is 5.75 Å². The fourth-order valence-electron chi connectivity index (χ4n) is 2.89. The Morgan fingerprint density at radius 2 is 1.97 bits per heavy atom. The van der Waals surface area contributed by atoms with Gasteiger partial charge in [0.1, 0.15) is 11.3 Å². The van der Waals surface area contributed by atoms with Crippen LogP contribution in [0.25, 0.3) is 22.6 Å². The summed E-state index contributed by atoms with van der Waals surface area (Å²) < 4.78 is 13.8. The molecule has 1 aromatic heterocycles. The number of carbonyl (C=O) groups excluding carboxylic acids is 1. The number of fused-ring (bicyclic) bond motifs is 1. The average Bonchev–Trinajstić information content (AvgIpc) is 3.11. The zero-order chi connectivity index (χ0) is 20.5. The van der Waals surface area contributed by atoms with Gasteiger partial charge in [-0.1, -0.05) is 22.0 Å². The van der Waals surface area contributed by atoms with Gasteiger partial charge in [0.05, 0.1) is 17.1 Å². The molecule has 1 amide bonds. The van der Waals surface area contributed by atoms with Crippen LogP contribution in [-0.2, 0) is 0 Å².